The molecule has 7 heteroatoms. The van der Waals surface area contributed by atoms with Crippen molar-refractivity contribution in [2.45, 2.75) is 16.2 Å². The van der Waals surface area contributed by atoms with Gasteiger partial charge in [0.1, 0.15) is 5.75 Å². The highest BCUT2D eigenvalue weighted by Crippen LogP contribution is 2.58. The van der Waals surface area contributed by atoms with Crippen LogP contribution in [0.4, 0.5) is 0 Å². The number of esters is 1. The highest BCUT2D eigenvalue weighted by Gasteiger charge is 2.49. The smallest absolute Gasteiger partial charge is 0.316 e. The normalized spacial score (nSPS) is 23.6. The Morgan fingerprint density at radius 3 is 2.69 bits per heavy atom. The van der Waals surface area contributed by atoms with E-state index in [1.165, 1.54) is 11.3 Å². The number of carbonyl (C=O) groups excluding carboxylic acids is 1. The van der Waals surface area contributed by atoms with Crippen molar-refractivity contribution in [3.63, 3.8) is 0 Å². The van der Waals surface area contributed by atoms with Crippen molar-refractivity contribution in [3.05, 3.63) is 78.7 Å². The summed E-state index contributed by atoms with van der Waals surface area (Å²) in [7, 11) is 0. The van der Waals surface area contributed by atoms with Crippen LogP contribution < -0.4 is 9.61 Å². The third-order valence-corrected chi connectivity index (χ3v) is 7.74. The zero-order valence-electron chi connectivity index (χ0n) is 13.3. The van der Waals surface area contributed by atoms with Crippen LogP contribution in [0.25, 0.3) is 0 Å². The number of hydrogen-bond acceptors (Lipinski definition) is 5. The predicted molar refractivity (Wildman–Crippen MR) is 105 cm³/mol. The first-order valence-electron chi connectivity index (χ1n) is 8.07. The molecule has 0 aliphatic carbocycles. The highest BCUT2D eigenvalue weighted by atomic mass is 79.9. The summed E-state index contributed by atoms with van der Waals surface area (Å²) >= 11 is 6.25. The fourth-order valence-electron chi connectivity index (χ4n) is 3.70. The molecule has 0 radical (unpaired) electrons. The van der Waals surface area contributed by atoms with Crippen LogP contribution in [0.5, 0.6) is 5.75 Å². The Balaban J connectivity index is 1.76. The maximum absolute atomic E-state index is 12.9. The van der Waals surface area contributed by atoms with Gasteiger partial charge in [-0.05, 0) is 23.8 Å². The van der Waals surface area contributed by atoms with Crippen molar-refractivity contribution in [2.24, 2.45) is 5.92 Å². The lowest BCUT2D eigenvalue weighted by molar-refractivity contribution is -0.140. The number of H-pyrrole nitrogens is 1. The maximum atomic E-state index is 12.9. The van der Waals surface area contributed by atoms with Crippen molar-refractivity contribution in [3.8, 4) is 5.75 Å². The molecule has 2 aliphatic rings. The molecule has 0 amide bonds. The van der Waals surface area contributed by atoms with Crippen molar-refractivity contribution in [1.82, 2.24) is 4.98 Å². The van der Waals surface area contributed by atoms with Crippen LogP contribution >= 0.6 is 39.0 Å². The van der Waals surface area contributed by atoms with Crippen LogP contribution in [-0.4, -0.2) is 11.0 Å². The molecule has 2 aromatic carbocycles. The Morgan fingerprint density at radius 2 is 1.88 bits per heavy atom. The number of nitrogens with one attached hydrogen (secondary N) is 1. The number of carbonyl (C=O) groups is 1. The summed E-state index contributed by atoms with van der Waals surface area (Å²) in [6.07, 6.45) is 0. The number of hydrogen-bond donors (Lipinski definition) is 1. The average Bonchev–Trinajstić information content (AvgIpc) is 3.02. The first-order valence-corrected chi connectivity index (χ1v) is 10.6. The molecular weight excluding hydrogens is 434 g/mol. The molecule has 1 N–H and O–H groups in total. The van der Waals surface area contributed by atoms with E-state index in [0.29, 0.717) is 5.75 Å². The number of ether oxygens (including phenoxy) is 1. The minimum Gasteiger partial charge on any atom is -0.426 e. The Labute approximate surface area is 165 Å². The van der Waals surface area contributed by atoms with Gasteiger partial charge in [-0.2, -0.15) is 0 Å². The predicted octanol–water partition coefficient (Wildman–Crippen LogP) is 4.71. The summed E-state index contributed by atoms with van der Waals surface area (Å²) in [6, 6.07) is 15.6. The van der Waals surface area contributed by atoms with Crippen LogP contribution in [0.2, 0.25) is 0 Å². The van der Waals surface area contributed by atoms with Gasteiger partial charge in [-0.25, -0.2) is 0 Å². The second-order valence-corrected chi connectivity index (χ2v) is 9.35. The molecule has 0 bridgehead atoms. The van der Waals surface area contributed by atoms with Crippen LogP contribution in [0.1, 0.15) is 27.2 Å². The first kappa shape index (κ1) is 16.4. The molecule has 0 saturated heterocycles. The van der Waals surface area contributed by atoms with Gasteiger partial charge < -0.3 is 9.72 Å². The molecular formula is C19H12BrNO3S2. The maximum Gasteiger partial charge on any atom is 0.316 e. The molecule has 3 atom stereocenters. The van der Waals surface area contributed by atoms with Crippen molar-refractivity contribution < 1.29 is 9.53 Å². The van der Waals surface area contributed by atoms with E-state index in [-0.39, 0.29) is 27.9 Å². The Hall–Kier alpha value is -1.83. The van der Waals surface area contributed by atoms with E-state index in [1.807, 2.05) is 48.5 Å². The second-order valence-electron chi connectivity index (χ2n) is 6.26. The number of halogens is 1. The van der Waals surface area contributed by atoms with Crippen LogP contribution in [0, 0.1) is 5.92 Å². The van der Waals surface area contributed by atoms with Gasteiger partial charge in [0.2, 0.25) is 0 Å². The summed E-state index contributed by atoms with van der Waals surface area (Å²) in [4.78, 5) is 28.8. The molecule has 26 heavy (non-hydrogen) atoms. The van der Waals surface area contributed by atoms with Crippen LogP contribution in [0.15, 0.2) is 62.8 Å². The van der Waals surface area contributed by atoms with Crippen LogP contribution in [-0.2, 0) is 4.79 Å². The lowest BCUT2D eigenvalue weighted by Gasteiger charge is -2.39. The fraction of sp³-hybridized carbons (Fsp3) is 0.158. The fourth-order valence-corrected chi connectivity index (χ4v) is 6.67. The van der Waals surface area contributed by atoms with Crippen LogP contribution in [0.3, 0.4) is 0 Å². The zero-order chi connectivity index (χ0) is 17.8. The van der Waals surface area contributed by atoms with Gasteiger partial charge in [0.05, 0.1) is 16.2 Å². The number of thiazole rings is 1. The van der Waals surface area contributed by atoms with E-state index in [0.717, 1.165) is 25.5 Å². The number of aromatic amines is 1. The number of fused-ring (bicyclic) bond motifs is 5. The lowest BCUT2D eigenvalue weighted by Crippen LogP contribution is -2.37. The minimum absolute atomic E-state index is 0.0922. The summed E-state index contributed by atoms with van der Waals surface area (Å²) in [5, 5.41) is 0.745. The standard InChI is InChI=1S/C19H12BrNO3S2/c20-10-6-7-12-11(8-10)13-14(18(22)24-12)15(9-4-2-1-3-5-9)25-17-16(13)26-19(23)21-17/h1-8,13-15H,(H,21,23)/t13-,14-,15+/m0/s1. The summed E-state index contributed by atoms with van der Waals surface area (Å²) < 4.78 is 6.60. The lowest BCUT2D eigenvalue weighted by atomic mass is 9.78. The Kier molecular flexibility index (Phi) is 3.84. The molecule has 4 nitrogen and oxygen atoms in total. The van der Waals surface area contributed by atoms with Gasteiger partial charge in [0.15, 0.2) is 0 Å². The number of benzene rings is 2. The van der Waals surface area contributed by atoms with E-state index in [4.69, 9.17) is 4.74 Å². The Bertz CT molecular complexity index is 1080. The number of thioether (sulfide) groups is 1. The molecule has 0 saturated carbocycles. The van der Waals surface area contributed by atoms with E-state index in [1.54, 1.807) is 11.8 Å². The zero-order valence-corrected chi connectivity index (χ0v) is 16.5. The van der Waals surface area contributed by atoms with Crippen molar-refractivity contribution in [2.75, 3.05) is 0 Å². The third kappa shape index (κ3) is 2.49. The minimum atomic E-state index is -0.372. The molecule has 1 aromatic heterocycles. The van der Waals surface area contributed by atoms with Crippen molar-refractivity contribution in [1.29, 1.82) is 0 Å². The summed E-state index contributed by atoms with van der Waals surface area (Å²) in [6.45, 7) is 0. The molecule has 3 heterocycles. The molecule has 3 aromatic rings. The van der Waals surface area contributed by atoms with E-state index in [9.17, 15) is 9.59 Å². The van der Waals surface area contributed by atoms with Gasteiger partial charge >= 0.3 is 10.8 Å². The first-order chi connectivity index (χ1) is 12.6. The molecule has 0 unspecified atom stereocenters. The van der Waals surface area contributed by atoms with E-state index < -0.39 is 0 Å². The summed E-state index contributed by atoms with van der Waals surface area (Å²) in [5.74, 6) is -0.222. The van der Waals surface area contributed by atoms with Gasteiger partial charge in [-0.3, -0.25) is 9.59 Å². The molecule has 0 spiro atoms. The number of rotatable bonds is 1. The summed E-state index contributed by atoms with van der Waals surface area (Å²) in [5.41, 5.74) is 2.00. The topological polar surface area (TPSA) is 59.2 Å². The quantitative estimate of drug-likeness (QED) is 0.435. The third-order valence-electron chi connectivity index (χ3n) is 4.77. The second kappa shape index (κ2) is 6.11. The monoisotopic (exact) mass is 445 g/mol. The molecule has 5 rings (SSSR count). The molecule has 0 fully saturated rings. The molecule has 2 aliphatic heterocycles. The SMILES string of the molecule is O=C1Oc2ccc(Br)cc2[C@@H]2c3sc(=O)[nH]c3S[C@H](c3ccccc3)[C@@H]12. The van der Waals surface area contributed by atoms with Crippen molar-refractivity contribution >= 4 is 45.0 Å². The Morgan fingerprint density at radius 1 is 1.08 bits per heavy atom. The average molecular weight is 446 g/mol. The van der Waals surface area contributed by atoms with Gasteiger partial charge in [0.25, 0.3) is 0 Å². The van der Waals surface area contributed by atoms with Gasteiger partial charge in [0, 0.05) is 20.8 Å². The molecule has 130 valence electrons. The number of aromatic nitrogens is 1. The van der Waals surface area contributed by atoms with E-state index in [2.05, 4.69) is 20.9 Å². The highest BCUT2D eigenvalue weighted by molar-refractivity contribution is 9.10. The van der Waals surface area contributed by atoms with Gasteiger partial charge in [-0.15, -0.1) is 0 Å². The largest absolute Gasteiger partial charge is 0.426 e. The van der Waals surface area contributed by atoms with Gasteiger partial charge in [-0.1, -0.05) is 69.4 Å². The van der Waals surface area contributed by atoms with E-state index >= 15 is 0 Å².